The SMILES string of the molecule is C=CCN(CCO)CCCNCC. The summed E-state index contributed by atoms with van der Waals surface area (Å²) in [6.07, 6.45) is 3.00. The molecule has 0 aliphatic heterocycles. The largest absolute Gasteiger partial charge is 0.395 e. The molecule has 0 saturated heterocycles. The molecular weight excluding hydrogens is 164 g/mol. The fourth-order valence-electron chi connectivity index (χ4n) is 1.22. The summed E-state index contributed by atoms with van der Waals surface area (Å²) in [4.78, 5) is 2.20. The molecular formula is C10H22N2O. The quantitative estimate of drug-likeness (QED) is 0.406. The van der Waals surface area contributed by atoms with Gasteiger partial charge in [-0.1, -0.05) is 13.0 Å². The Balaban J connectivity index is 3.38. The molecule has 0 fully saturated rings. The first-order chi connectivity index (χ1) is 6.35. The lowest BCUT2D eigenvalue weighted by Crippen LogP contribution is -2.30. The molecule has 0 bridgehead atoms. The van der Waals surface area contributed by atoms with E-state index in [1.54, 1.807) is 0 Å². The van der Waals surface area contributed by atoms with Gasteiger partial charge in [-0.25, -0.2) is 0 Å². The Labute approximate surface area is 81.4 Å². The topological polar surface area (TPSA) is 35.5 Å². The first kappa shape index (κ1) is 12.6. The molecule has 0 radical (unpaired) electrons. The molecule has 0 aliphatic carbocycles. The van der Waals surface area contributed by atoms with Crippen molar-refractivity contribution in [2.45, 2.75) is 13.3 Å². The van der Waals surface area contributed by atoms with E-state index in [0.29, 0.717) is 0 Å². The highest BCUT2D eigenvalue weighted by Crippen LogP contribution is 1.90. The van der Waals surface area contributed by atoms with Crippen molar-refractivity contribution in [1.82, 2.24) is 10.2 Å². The Kier molecular flexibility index (Phi) is 9.42. The van der Waals surface area contributed by atoms with E-state index < -0.39 is 0 Å². The summed E-state index contributed by atoms with van der Waals surface area (Å²) in [5.41, 5.74) is 0. The molecule has 0 saturated carbocycles. The minimum atomic E-state index is 0.231. The smallest absolute Gasteiger partial charge is 0.0558 e. The van der Waals surface area contributed by atoms with Crippen molar-refractivity contribution in [2.24, 2.45) is 0 Å². The highest BCUT2D eigenvalue weighted by atomic mass is 16.3. The zero-order chi connectivity index (χ0) is 9.94. The van der Waals surface area contributed by atoms with E-state index in [1.807, 2.05) is 6.08 Å². The lowest BCUT2D eigenvalue weighted by atomic mass is 10.3. The molecule has 13 heavy (non-hydrogen) atoms. The first-order valence-corrected chi connectivity index (χ1v) is 5.00. The lowest BCUT2D eigenvalue weighted by molar-refractivity contribution is 0.207. The van der Waals surface area contributed by atoms with Crippen molar-refractivity contribution in [3.05, 3.63) is 12.7 Å². The van der Waals surface area contributed by atoms with Crippen LogP contribution in [0.1, 0.15) is 13.3 Å². The van der Waals surface area contributed by atoms with Gasteiger partial charge in [0.05, 0.1) is 6.61 Å². The van der Waals surface area contributed by atoms with Gasteiger partial charge in [-0.2, -0.15) is 0 Å². The summed E-state index contributed by atoms with van der Waals surface area (Å²) in [6.45, 7) is 10.7. The minimum Gasteiger partial charge on any atom is -0.395 e. The van der Waals surface area contributed by atoms with E-state index in [-0.39, 0.29) is 6.61 Å². The van der Waals surface area contributed by atoms with Crippen LogP contribution in [-0.2, 0) is 0 Å². The van der Waals surface area contributed by atoms with Gasteiger partial charge in [0.1, 0.15) is 0 Å². The Hall–Kier alpha value is -0.380. The van der Waals surface area contributed by atoms with Crippen LogP contribution in [-0.4, -0.2) is 49.3 Å². The van der Waals surface area contributed by atoms with Gasteiger partial charge in [0.15, 0.2) is 0 Å². The third-order valence-electron chi connectivity index (χ3n) is 1.88. The maximum atomic E-state index is 8.77. The molecule has 0 unspecified atom stereocenters. The second kappa shape index (κ2) is 9.71. The molecule has 0 spiro atoms. The average Bonchev–Trinajstić information content (AvgIpc) is 2.13. The van der Waals surface area contributed by atoms with E-state index in [9.17, 15) is 0 Å². The van der Waals surface area contributed by atoms with Crippen LogP contribution in [0.15, 0.2) is 12.7 Å². The summed E-state index contributed by atoms with van der Waals surface area (Å²) in [5.74, 6) is 0. The normalized spacial score (nSPS) is 10.7. The zero-order valence-corrected chi connectivity index (χ0v) is 8.63. The van der Waals surface area contributed by atoms with E-state index in [2.05, 4.69) is 23.7 Å². The van der Waals surface area contributed by atoms with E-state index >= 15 is 0 Å². The van der Waals surface area contributed by atoms with Gasteiger partial charge in [0, 0.05) is 13.1 Å². The molecule has 0 atom stereocenters. The Morgan fingerprint density at radius 1 is 1.46 bits per heavy atom. The van der Waals surface area contributed by atoms with Crippen molar-refractivity contribution < 1.29 is 5.11 Å². The van der Waals surface area contributed by atoms with E-state index in [4.69, 9.17) is 5.11 Å². The third kappa shape index (κ3) is 7.96. The third-order valence-corrected chi connectivity index (χ3v) is 1.88. The fourth-order valence-corrected chi connectivity index (χ4v) is 1.22. The van der Waals surface area contributed by atoms with Crippen molar-refractivity contribution in [1.29, 1.82) is 0 Å². The van der Waals surface area contributed by atoms with Gasteiger partial charge in [0.2, 0.25) is 0 Å². The second-order valence-electron chi connectivity index (χ2n) is 3.02. The van der Waals surface area contributed by atoms with Crippen molar-refractivity contribution >= 4 is 0 Å². The molecule has 0 heterocycles. The van der Waals surface area contributed by atoms with Crippen LogP contribution in [0, 0.1) is 0 Å². The van der Waals surface area contributed by atoms with Gasteiger partial charge in [0.25, 0.3) is 0 Å². The standard InChI is InChI=1S/C10H22N2O/c1-3-7-12(9-10-13)8-5-6-11-4-2/h3,11,13H,1,4-10H2,2H3. The maximum absolute atomic E-state index is 8.77. The van der Waals surface area contributed by atoms with Crippen molar-refractivity contribution in [3.63, 3.8) is 0 Å². The summed E-state index contributed by atoms with van der Waals surface area (Å²) in [6, 6.07) is 0. The Morgan fingerprint density at radius 2 is 2.23 bits per heavy atom. The first-order valence-electron chi connectivity index (χ1n) is 5.00. The number of hydrogen-bond donors (Lipinski definition) is 2. The van der Waals surface area contributed by atoms with Crippen molar-refractivity contribution in [2.75, 3.05) is 39.3 Å². The van der Waals surface area contributed by atoms with Crippen LogP contribution in [0.5, 0.6) is 0 Å². The number of hydrogen-bond acceptors (Lipinski definition) is 3. The fraction of sp³-hybridized carbons (Fsp3) is 0.800. The van der Waals surface area contributed by atoms with Crippen LogP contribution in [0.2, 0.25) is 0 Å². The molecule has 3 nitrogen and oxygen atoms in total. The van der Waals surface area contributed by atoms with Crippen LogP contribution in [0.4, 0.5) is 0 Å². The molecule has 0 rings (SSSR count). The summed E-state index contributed by atoms with van der Waals surface area (Å²) in [5, 5.41) is 12.0. The number of aliphatic hydroxyl groups excluding tert-OH is 1. The number of nitrogens with zero attached hydrogens (tertiary/aromatic N) is 1. The molecule has 78 valence electrons. The van der Waals surface area contributed by atoms with E-state index in [1.165, 1.54) is 0 Å². The van der Waals surface area contributed by atoms with Crippen LogP contribution in [0.3, 0.4) is 0 Å². The highest BCUT2D eigenvalue weighted by molar-refractivity contribution is 4.73. The zero-order valence-electron chi connectivity index (χ0n) is 8.63. The maximum Gasteiger partial charge on any atom is 0.0558 e. The minimum absolute atomic E-state index is 0.231. The monoisotopic (exact) mass is 186 g/mol. The molecule has 0 amide bonds. The van der Waals surface area contributed by atoms with Gasteiger partial charge in [-0.3, -0.25) is 4.90 Å². The van der Waals surface area contributed by atoms with Crippen LogP contribution < -0.4 is 5.32 Å². The molecule has 3 heteroatoms. The molecule has 0 aromatic carbocycles. The van der Waals surface area contributed by atoms with Gasteiger partial charge < -0.3 is 10.4 Å². The summed E-state index contributed by atoms with van der Waals surface area (Å²) >= 11 is 0. The Morgan fingerprint density at radius 3 is 2.77 bits per heavy atom. The Bertz CT molecular complexity index is 117. The number of nitrogens with one attached hydrogen (secondary N) is 1. The average molecular weight is 186 g/mol. The molecule has 0 aromatic heterocycles. The molecule has 2 N–H and O–H groups in total. The van der Waals surface area contributed by atoms with Crippen LogP contribution in [0.25, 0.3) is 0 Å². The predicted molar refractivity (Wildman–Crippen MR) is 56.9 cm³/mol. The van der Waals surface area contributed by atoms with Crippen LogP contribution >= 0.6 is 0 Å². The summed E-state index contributed by atoms with van der Waals surface area (Å²) in [7, 11) is 0. The number of aliphatic hydroxyl groups is 1. The number of rotatable bonds is 9. The highest BCUT2D eigenvalue weighted by Gasteiger charge is 2.00. The van der Waals surface area contributed by atoms with Crippen molar-refractivity contribution in [3.8, 4) is 0 Å². The summed E-state index contributed by atoms with van der Waals surface area (Å²) < 4.78 is 0. The van der Waals surface area contributed by atoms with Gasteiger partial charge >= 0.3 is 0 Å². The van der Waals surface area contributed by atoms with E-state index in [0.717, 1.165) is 39.1 Å². The van der Waals surface area contributed by atoms with Gasteiger partial charge in [-0.15, -0.1) is 6.58 Å². The predicted octanol–water partition coefficient (Wildman–Crippen LogP) is 0.466. The molecule has 0 aliphatic rings. The lowest BCUT2D eigenvalue weighted by Gasteiger charge is -2.19. The second-order valence-corrected chi connectivity index (χ2v) is 3.02. The molecule has 0 aromatic rings. The van der Waals surface area contributed by atoms with Gasteiger partial charge in [-0.05, 0) is 26.1 Å².